The molecule has 0 radical (unpaired) electrons. The van der Waals surface area contributed by atoms with Crippen LogP contribution in [0.5, 0.6) is 0 Å². The molecule has 1 aromatic rings. The van der Waals surface area contributed by atoms with Crippen molar-refractivity contribution in [3.63, 3.8) is 0 Å². The van der Waals surface area contributed by atoms with Gasteiger partial charge in [-0.15, -0.1) is 0 Å². The molecule has 0 amide bonds. The first-order chi connectivity index (χ1) is 6.27. The van der Waals surface area contributed by atoms with Crippen LogP contribution in [0.25, 0.3) is 0 Å². The van der Waals surface area contributed by atoms with Crippen molar-refractivity contribution in [2.24, 2.45) is 5.92 Å². The Morgan fingerprint density at radius 1 is 1.46 bits per heavy atom. The van der Waals surface area contributed by atoms with Gasteiger partial charge in [0.25, 0.3) is 0 Å². The zero-order chi connectivity index (χ0) is 9.26. The van der Waals surface area contributed by atoms with Gasteiger partial charge in [-0.3, -0.25) is 4.68 Å². The molecule has 1 aliphatic rings. The molecule has 2 nitrogen and oxygen atoms in total. The van der Waals surface area contributed by atoms with Crippen LogP contribution in [0.15, 0.2) is 16.9 Å². The Labute approximate surface area is 87.5 Å². The Morgan fingerprint density at radius 3 is 2.85 bits per heavy atom. The first-order valence-electron chi connectivity index (χ1n) is 4.97. The standard InChI is InChI=1S/C10H15BrN2/c1-8-4-2-3-5-10(8)13-7-9(11)6-12-13/h6-8,10H,2-5H2,1H3/t8-,10-/m1/s1. The van der Waals surface area contributed by atoms with Gasteiger partial charge >= 0.3 is 0 Å². The van der Waals surface area contributed by atoms with Gasteiger partial charge in [0.2, 0.25) is 0 Å². The van der Waals surface area contributed by atoms with Crippen LogP contribution in [0.4, 0.5) is 0 Å². The summed E-state index contributed by atoms with van der Waals surface area (Å²) < 4.78 is 3.21. The van der Waals surface area contributed by atoms with Gasteiger partial charge in [0.15, 0.2) is 0 Å². The Morgan fingerprint density at radius 2 is 2.23 bits per heavy atom. The molecule has 0 spiro atoms. The predicted octanol–water partition coefficient (Wildman–Crippen LogP) is 3.40. The number of nitrogens with zero attached hydrogens (tertiary/aromatic N) is 2. The highest BCUT2D eigenvalue weighted by molar-refractivity contribution is 9.10. The van der Waals surface area contributed by atoms with Crippen LogP contribution in [0.1, 0.15) is 38.6 Å². The Balaban J connectivity index is 2.14. The summed E-state index contributed by atoms with van der Waals surface area (Å²) in [5, 5.41) is 4.36. The molecule has 2 atom stereocenters. The molecular weight excluding hydrogens is 228 g/mol. The molecule has 1 fully saturated rings. The molecule has 13 heavy (non-hydrogen) atoms. The minimum atomic E-state index is 0.625. The van der Waals surface area contributed by atoms with Gasteiger partial charge in [-0.2, -0.15) is 5.10 Å². The Kier molecular flexibility index (Phi) is 2.72. The lowest BCUT2D eigenvalue weighted by molar-refractivity contribution is 0.240. The number of aromatic nitrogens is 2. The molecule has 0 aromatic carbocycles. The summed E-state index contributed by atoms with van der Waals surface area (Å²) >= 11 is 3.44. The van der Waals surface area contributed by atoms with Crippen molar-refractivity contribution in [1.29, 1.82) is 0 Å². The quantitative estimate of drug-likeness (QED) is 0.739. The van der Waals surface area contributed by atoms with Crippen LogP contribution in [0, 0.1) is 5.92 Å². The highest BCUT2D eigenvalue weighted by atomic mass is 79.9. The number of halogens is 1. The summed E-state index contributed by atoms with van der Waals surface area (Å²) in [7, 11) is 0. The van der Waals surface area contributed by atoms with Gasteiger partial charge in [0.05, 0.1) is 16.7 Å². The third kappa shape index (κ3) is 1.96. The van der Waals surface area contributed by atoms with E-state index in [1.807, 2.05) is 6.20 Å². The molecule has 0 N–H and O–H groups in total. The van der Waals surface area contributed by atoms with Crippen LogP contribution in [0.3, 0.4) is 0 Å². The highest BCUT2D eigenvalue weighted by Crippen LogP contribution is 2.33. The van der Waals surface area contributed by atoms with Crippen molar-refractivity contribution in [2.45, 2.75) is 38.6 Å². The maximum absolute atomic E-state index is 4.36. The second kappa shape index (κ2) is 3.82. The highest BCUT2D eigenvalue weighted by Gasteiger charge is 2.23. The minimum absolute atomic E-state index is 0.625. The molecule has 1 saturated carbocycles. The van der Waals surface area contributed by atoms with E-state index in [2.05, 4.69) is 38.8 Å². The van der Waals surface area contributed by atoms with E-state index in [1.165, 1.54) is 25.7 Å². The topological polar surface area (TPSA) is 17.8 Å². The molecule has 1 aromatic heterocycles. The maximum Gasteiger partial charge on any atom is 0.0632 e. The van der Waals surface area contributed by atoms with Crippen molar-refractivity contribution in [1.82, 2.24) is 9.78 Å². The van der Waals surface area contributed by atoms with Gasteiger partial charge in [0, 0.05) is 6.20 Å². The predicted molar refractivity (Wildman–Crippen MR) is 56.6 cm³/mol. The molecule has 0 aliphatic heterocycles. The van der Waals surface area contributed by atoms with Crippen molar-refractivity contribution in [3.8, 4) is 0 Å². The third-order valence-corrected chi connectivity index (χ3v) is 3.39. The average Bonchev–Trinajstić information content (AvgIpc) is 2.53. The number of hydrogen-bond donors (Lipinski definition) is 0. The maximum atomic E-state index is 4.36. The molecule has 1 heterocycles. The van der Waals surface area contributed by atoms with E-state index in [-0.39, 0.29) is 0 Å². The van der Waals surface area contributed by atoms with Crippen LogP contribution in [-0.4, -0.2) is 9.78 Å². The van der Waals surface area contributed by atoms with Crippen molar-refractivity contribution in [3.05, 3.63) is 16.9 Å². The van der Waals surface area contributed by atoms with Gasteiger partial charge in [-0.05, 0) is 34.7 Å². The molecule has 1 aliphatic carbocycles. The summed E-state index contributed by atoms with van der Waals surface area (Å²) in [4.78, 5) is 0. The SMILES string of the molecule is C[C@@H]1CCCC[C@H]1n1cc(Br)cn1. The summed E-state index contributed by atoms with van der Waals surface area (Å²) in [6.45, 7) is 2.33. The lowest BCUT2D eigenvalue weighted by Crippen LogP contribution is -2.21. The van der Waals surface area contributed by atoms with E-state index in [4.69, 9.17) is 0 Å². The molecule has 0 bridgehead atoms. The molecule has 2 rings (SSSR count). The fraction of sp³-hybridized carbons (Fsp3) is 0.700. The van der Waals surface area contributed by atoms with Gasteiger partial charge in [-0.1, -0.05) is 19.8 Å². The van der Waals surface area contributed by atoms with Crippen molar-refractivity contribution < 1.29 is 0 Å². The number of rotatable bonds is 1. The molecule has 72 valence electrons. The van der Waals surface area contributed by atoms with E-state index >= 15 is 0 Å². The monoisotopic (exact) mass is 242 g/mol. The average molecular weight is 243 g/mol. The summed E-state index contributed by atoms with van der Waals surface area (Å²) in [6.07, 6.45) is 9.35. The Hall–Kier alpha value is -0.310. The molecule has 0 saturated heterocycles. The molecular formula is C10H15BrN2. The summed E-state index contributed by atoms with van der Waals surface area (Å²) in [5.41, 5.74) is 0. The largest absolute Gasteiger partial charge is 0.268 e. The lowest BCUT2D eigenvalue weighted by Gasteiger charge is -2.28. The first kappa shape index (κ1) is 9.25. The summed E-state index contributed by atoms with van der Waals surface area (Å²) in [6, 6.07) is 0.625. The van der Waals surface area contributed by atoms with Crippen LogP contribution in [0.2, 0.25) is 0 Å². The first-order valence-corrected chi connectivity index (χ1v) is 5.76. The smallest absolute Gasteiger partial charge is 0.0632 e. The van der Waals surface area contributed by atoms with Crippen molar-refractivity contribution in [2.75, 3.05) is 0 Å². The van der Waals surface area contributed by atoms with E-state index in [1.54, 1.807) is 0 Å². The van der Waals surface area contributed by atoms with Crippen molar-refractivity contribution >= 4 is 15.9 Å². The second-order valence-electron chi connectivity index (χ2n) is 3.97. The van der Waals surface area contributed by atoms with Gasteiger partial charge in [-0.25, -0.2) is 0 Å². The van der Waals surface area contributed by atoms with E-state index < -0.39 is 0 Å². The zero-order valence-corrected chi connectivity index (χ0v) is 9.50. The fourth-order valence-corrected chi connectivity index (χ4v) is 2.49. The zero-order valence-electron chi connectivity index (χ0n) is 7.91. The molecule has 0 unspecified atom stereocenters. The van der Waals surface area contributed by atoms with E-state index in [9.17, 15) is 0 Å². The third-order valence-electron chi connectivity index (χ3n) is 2.98. The van der Waals surface area contributed by atoms with Crippen LogP contribution >= 0.6 is 15.9 Å². The minimum Gasteiger partial charge on any atom is -0.268 e. The van der Waals surface area contributed by atoms with Gasteiger partial charge in [0.1, 0.15) is 0 Å². The lowest BCUT2D eigenvalue weighted by atomic mass is 9.86. The van der Waals surface area contributed by atoms with Gasteiger partial charge < -0.3 is 0 Å². The Bertz CT molecular complexity index is 282. The second-order valence-corrected chi connectivity index (χ2v) is 4.88. The van der Waals surface area contributed by atoms with Crippen LogP contribution < -0.4 is 0 Å². The number of hydrogen-bond acceptors (Lipinski definition) is 1. The molecule has 3 heteroatoms. The van der Waals surface area contributed by atoms with E-state index in [0.29, 0.717) is 6.04 Å². The van der Waals surface area contributed by atoms with E-state index in [0.717, 1.165) is 10.4 Å². The normalized spacial score (nSPS) is 29.1. The summed E-state index contributed by atoms with van der Waals surface area (Å²) in [5.74, 6) is 0.778. The fourth-order valence-electron chi connectivity index (χ4n) is 2.19. The van der Waals surface area contributed by atoms with Crippen LogP contribution in [-0.2, 0) is 0 Å².